The Bertz CT molecular complexity index is 366. The zero-order valence-electron chi connectivity index (χ0n) is 14.0. The lowest BCUT2D eigenvalue weighted by Crippen LogP contribution is -2.51. The summed E-state index contributed by atoms with van der Waals surface area (Å²) in [6.07, 6.45) is -2.86. The van der Waals surface area contributed by atoms with Crippen LogP contribution in [0.2, 0.25) is 0 Å². The first-order chi connectivity index (χ1) is 11.6. The second kappa shape index (κ2) is 9.94. The number of alkyl halides is 7. The molecule has 0 aromatic rings. The van der Waals surface area contributed by atoms with E-state index in [2.05, 4.69) is 0 Å². The van der Waals surface area contributed by atoms with E-state index in [0.29, 0.717) is 32.5 Å². The van der Waals surface area contributed by atoms with Gasteiger partial charge < -0.3 is 9.47 Å². The first-order valence-electron chi connectivity index (χ1n) is 8.59. The van der Waals surface area contributed by atoms with Crippen LogP contribution < -0.4 is 0 Å². The Labute approximate surface area is 143 Å². The molecule has 0 spiro atoms. The van der Waals surface area contributed by atoms with Crippen LogP contribution in [0.1, 0.15) is 57.8 Å². The fourth-order valence-electron chi connectivity index (χ4n) is 2.63. The number of hydrogen-bond acceptors (Lipinski definition) is 2. The summed E-state index contributed by atoms with van der Waals surface area (Å²) in [6.45, 7) is 1.89. The molecule has 25 heavy (non-hydrogen) atoms. The number of halogens is 7. The fourth-order valence-corrected chi connectivity index (χ4v) is 2.63. The highest BCUT2D eigenvalue weighted by molar-refractivity contribution is 4.90. The maximum Gasteiger partial charge on any atom is 0.459 e. The van der Waals surface area contributed by atoms with Crippen molar-refractivity contribution in [1.82, 2.24) is 0 Å². The van der Waals surface area contributed by atoms with E-state index < -0.39 is 24.4 Å². The van der Waals surface area contributed by atoms with E-state index >= 15 is 0 Å². The molecule has 1 saturated heterocycles. The van der Waals surface area contributed by atoms with Crippen LogP contribution in [-0.4, -0.2) is 43.9 Å². The first kappa shape index (κ1) is 22.5. The van der Waals surface area contributed by atoms with E-state index in [1.165, 1.54) is 0 Å². The van der Waals surface area contributed by atoms with Crippen molar-refractivity contribution in [3.8, 4) is 0 Å². The summed E-state index contributed by atoms with van der Waals surface area (Å²) in [6, 6.07) is 0. The maximum absolute atomic E-state index is 13.0. The van der Waals surface area contributed by atoms with E-state index in [0.717, 1.165) is 25.9 Å². The smallest absolute Gasteiger partial charge is 0.381 e. The highest BCUT2D eigenvalue weighted by Gasteiger charge is 2.72. The fraction of sp³-hybridized carbons (Fsp3) is 1.00. The van der Waals surface area contributed by atoms with Crippen LogP contribution in [0, 0.1) is 0 Å². The molecule has 1 heterocycles. The highest BCUT2D eigenvalue weighted by atomic mass is 19.4. The van der Waals surface area contributed by atoms with E-state index in [-0.39, 0.29) is 18.9 Å². The molecule has 0 radical (unpaired) electrons. The molecule has 9 heteroatoms. The summed E-state index contributed by atoms with van der Waals surface area (Å²) in [4.78, 5) is 0. The van der Waals surface area contributed by atoms with Crippen molar-refractivity contribution >= 4 is 0 Å². The number of unbranched alkanes of at least 4 members (excludes halogenated alkanes) is 4. The van der Waals surface area contributed by atoms with E-state index in [1.807, 2.05) is 0 Å². The van der Waals surface area contributed by atoms with Crippen LogP contribution in [0.3, 0.4) is 0 Å². The zero-order chi connectivity index (χ0) is 19.0. The third-order valence-electron chi connectivity index (χ3n) is 4.20. The Hall–Kier alpha value is -0.570. The number of hydrogen-bond donors (Lipinski definition) is 0. The van der Waals surface area contributed by atoms with Gasteiger partial charge in [-0.2, -0.15) is 30.7 Å². The molecule has 2 nitrogen and oxygen atoms in total. The lowest BCUT2D eigenvalue weighted by Gasteiger charge is -2.28. The molecule has 1 atom stereocenters. The molecular weight excluding hydrogens is 357 g/mol. The minimum Gasteiger partial charge on any atom is -0.381 e. The van der Waals surface area contributed by atoms with Gasteiger partial charge in [0.15, 0.2) is 0 Å². The summed E-state index contributed by atoms with van der Waals surface area (Å²) >= 11 is 0. The third kappa shape index (κ3) is 7.29. The van der Waals surface area contributed by atoms with Gasteiger partial charge in [0.05, 0.1) is 6.10 Å². The third-order valence-corrected chi connectivity index (χ3v) is 4.20. The van der Waals surface area contributed by atoms with E-state index in [4.69, 9.17) is 9.47 Å². The quantitative estimate of drug-likeness (QED) is 0.316. The van der Waals surface area contributed by atoms with Crippen molar-refractivity contribution < 1.29 is 40.2 Å². The zero-order valence-corrected chi connectivity index (χ0v) is 14.0. The summed E-state index contributed by atoms with van der Waals surface area (Å²) in [5.74, 6) is -11.1. The molecule has 1 fully saturated rings. The van der Waals surface area contributed by atoms with E-state index in [9.17, 15) is 30.7 Å². The van der Waals surface area contributed by atoms with Gasteiger partial charge in [0.25, 0.3) is 0 Å². The van der Waals surface area contributed by atoms with Crippen molar-refractivity contribution in [2.75, 3.05) is 19.8 Å². The van der Waals surface area contributed by atoms with Crippen LogP contribution in [0.4, 0.5) is 30.7 Å². The number of ether oxygens (including phenoxy) is 2. The standard InChI is InChI=1S/C16H25F7O2/c17-14(18,15(19,20)16(21,22)23)9-4-2-1-3-5-10-24-12-8-13-7-6-11-25-13/h13H,1-12H2. The van der Waals surface area contributed by atoms with Crippen LogP contribution in [0.15, 0.2) is 0 Å². The Morgan fingerprint density at radius 1 is 0.840 bits per heavy atom. The van der Waals surface area contributed by atoms with Gasteiger partial charge >= 0.3 is 18.0 Å². The molecule has 1 rings (SSSR count). The molecule has 0 aromatic heterocycles. The van der Waals surface area contributed by atoms with Gasteiger partial charge in [-0.25, -0.2) is 0 Å². The average Bonchev–Trinajstić information content (AvgIpc) is 3.01. The normalized spacial score (nSPS) is 19.6. The predicted octanol–water partition coefficient (Wildman–Crippen LogP) is 5.75. The van der Waals surface area contributed by atoms with Crippen molar-refractivity contribution in [3.63, 3.8) is 0 Å². The van der Waals surface area contributed by atoms with E-state index in [1.54, 1.807) is 0 Å². The molecule has 0 N–H and O–H groups in total. The second-order valence-corrected chi connectivity index (χ2v) is 6.33. The van der Waals surface area contributed by atoms with Crippen LogP contribution >= 0.6 is 0 Å². The molecule has 1 aliphatic rings. The summed E-state index contributed by atoms with van der Waals surface area (Å²) < 4.78 is 98.1. The molecule has 0 bridgehead atoms. The summed E-state index contributed by atoms with van der Waals surface area (Å²) in [5.41, 5.74) is 0. The topological polar surface area (TPSA) is 18.5 Å². The number of rotatable bonds is 12. The summed E-state index contributed by atoms with van der Waals surface area (Å²) in [5, 5.41) is 0. The Morgan fingerprint density at radius 2 is 1.48 bits per heavy atom. The highest BCUT2D eigenvalue weighted by Crippen LogP contribution is 2.48. The van der Waals surface area contributed by atoms with Gasteiger partial charge in [0.2, 0.25) is 0 Å². The lowest BCUT2D eigenvalue weighted by atomic mass is 10.0. The van der Waals surface area contributed by atoms with Gasteiger partial charge in [0, 0.05) is 26.2 Å². The van der Waals surface area contributed by atoms with Crippen molar-refractivity contribution in [2.24, 2.45) is 0 Å². The van der Waals surface area contributed by atoms with Crippen molar-refractivity contribution in [1.29, 1.82) is 0 Å². The second-order valence-electron chi connectivity index (χ2n) is 6.33. The molecule has 0 amide bonds. The molecule has 0 saturated carbocycles. The van der Waals surface area contributed by atoms with Crippen LogP contribution in [0.5, 0.6) is 0 Å². The monoisotopic (exact) mass is 382 g/mol. The van der Waals surface area contributed by atoms with Crippen LogP contribution in [-0.2, 0) is 9.47 Å². The first-order valence-corrected chi connectivity index (χ1v) is 8.59. The molecule has 150 valence electrons. The molecule has 0 aliphatic carbocycles. The predicted molar refractivity (Wildman–Crippen MR) is 78.1 cm³/mol. The van der Waals surface area contributed by atoms with Gasteiger partial charge in [-0.3, -0.25) is 0 Å². The Kier molecular flexibility index (Phi) is 8.94. The Balaban J connectivity index is 2.00. The SMILES string of the molecule is FC(F)(F)C(F)(F)C(F)(F)CCCCCCCOCCC1CCCO1. The van der Waals surface area contributed by atoms with Crippen molar-refractivity contribution in [2.45, 2.75) is 81.9 Å². The molecule has 1 unspecified atom stereocenters. The maximum atomic E-state index is 13.0. The van der Waals surface area contributed by atoms with Gasteiger partial charge in [0.1, 0.15) is 0 Å². The molecule has 0 aromatic carbocycles. The average molecular weight is 382 g/mol. The molecular formula is C16H25F7O2. The van der Waals surface area contributed by atoms with Gasteiger partial charge in [-0.15, -0.1) is 0 Å². The van der Waals surface area contributed by atoms with Crippen LogP contribution in [0.25, 0.3) is 0 Å². The van der Waals surface area contributed by atoms with Gasteiger partial charge in [-0.1, -0.05) is 19.3 Å². The lowest BCUT2D eigenvalue weighted by molar-refractivity contribution is -0.355. The largest absolute Gasteiger partial charge is 0.459 e. The van der Waals surface area contributed by atoms with Gasteiger partial charge in [-0.05, 0) is 32.1 Å². The Morgan fingerprint density at radius 3 is 2.08 bits per heavy atom. The summed E-state index contributed by atoms with van der Waals surface area (Å²) in [7, 11) is 0. The minimum absolute atomic E-state index is 0.180. The minimum atomic E-state index is -6.24. The molecule has 1 aliphatic heterocycles. The van der Waals surface area contributed by atoms with Crippen molar-refractivity contribution in [3.05, 3.63) is 0 Å².